The molecule has 2 N–H and O–H groups in total. The Hall–Kier alpha value is -3.20. The van der Waals surface area contributed by atoms with E-state index in [2.05, 4.69) is 15.0 Å². The van der Waals surface area contributed by atoms with Gasteiger partial charge in [-0.3, -0.25) is 18.9 Å². The number of carbonyl (C=O) groups is 1. The molecule has 168 valence electrons. The molecule has 0 unspecified atom stereocenters. The molecule has 1 heterocycles. The SMILES string of the molecule is CCS(=O)(=O)Nc1ccc(NC(=O)CCc2nc3ccccc3c(=O)n2C2CC2)cc1C. The minimum atomic E-state index is -3.37. The number of anilines is 2. The van der Waals surface area contributed by atoms with E-state index in [9.17, 15) is 18.0 Å². The van der Waals surface area contributed by atoms with Crippen LogP contribution in [-0.2, 0) is 21.2 Å². The summed E-state index contributed by atoms with van der Waals surface area (Å²) in [5.74, 6) is 0.419. The van der Waals surface area contributed by atoms with Gasteiger partial charge in [0, 0.05) is 24.6 Å². The number of hydrogen-bond acceptors (Lipinski definition) is 5. The first-order chi connectivity index (χ1) is 15.3. The molecule has 4 rings (SSSR count). The molecule has 0 spiro atoms. The highest BCUT2D eigenvalue weighted by Crippen LogP contribution is 2.35. The van der Waals surface area contributed by atoms with Gasteiger partial charge in [0.15, 0.2) is 0 Å². The van der Waals surface area contributed by atoms with Crippen LogP contribution in [0.5, 0.6) is 0 Å². The second kappa shape index (κ2) is 8.74. The topological polar surface area (TPSA) is 110 Å². The fraction of sp³-hybridized carbons (Fsp3) is 0.348. The number of fused-ring (bicyclic) bond motifs is 1. The van der Waals surface area contributed by atoms with Crippen LogP contribution >= 0.6 is 0 Å². The average molecular weight is 455 g/mol. The van der Waals surface area contributed by atoms with Gasteiger partial charge in [-0.05, 0) is 62.6 Å². The summed E-state index contributed by atoms with van der Waals surface area (Å²) in [7, 11) is -3.37. The number of carbonyl (C=O) groups excluding carboxylic acids is 1. The maximum Gasteiger partial charge on any atom is 0.261 e. The molecule has 0 saturated heterocycles. The van der Waals surface area contributed by atoms with Gasteiger partial charge in [0.2, 0.25) is 15.9 Å². The van der Waals surface area contributed by atoms with Gasteiger partial charge in [-0.2, -0.15) is 0 Å². The molecule has 32 heavy (non-hydrogen) atoms. The molecule has 8 nitrogen and oxygen atoms in total. The van der Waals surface area contributed by atoms with Crippen molar-refractivity contribution in [3.63, 3.8) is 0 Å². The number of nitrogens with one attached hydrogen (secondary N) is 2. The fourth-order valence-electron chi connectivity index (χ4n) is 3.62. The highest BCUT2D eigenvalue weighted by molar-refractivity contribution is 7.92. The molecule has 1 saturated carbocycles. The van der Waals surface area contributed by atoms with Crippen LogP contribution in [0.25, 0.3) is 10.9 Å². The summed E-state index contributed by atoms with van der Waals surface area (Å²) in [5.41, 5.74) is 2.37. The molecule has 1 fully saturated rings. The number of para-hydroxylation sites is 1. The first kappa shape index (κ1) is 22.0. The Morgan fingerprint density at radius 2 is 1.94 bits per heavy atom. The number of rotatable bonds is 8. The number of aryl methyl sites for hydroxylation is 2. The van der Waals surface area contributed by atoms with Crippen LogP contribution in [0.3, 0.4) is 0 Å². The predicted molar refractivity (Wildman–Crippen MR) is 125 cm³/mol. The zero-order chi connectivity index (χ0) is 22.9. The highest BCUT2D eigenvalue weighted by atomic mass is 32.2. The van der Waals surface area contributed by atoms with Gasteiger partial charge < -0.3 is 5.32 Å². The Kier molecular flexibility index (Phi) is 6.01. The third kappa shape index (κ3) is 4.83. The number of nitrogens with zero attached hydrogens (tertiary/aromatic N) is 2. The summed E-state index contributed by atoms with van der Waals surface area (Å²) in [6.07, 6.45) is 2.44. The van der Waals surface area contributed by atoms with E-state index in [4.69, 9.17) is 0 Å². The van der Waals surface area contributed by atoms with Gasteiger partial charge >= 0.3 is 0 Å². The minimum absolute atomic E-state index is 0.0142. The van der Waals surface area contributed by atoms with Crippen molar-refractivity contribution in [1.82, 2.24) is 9.55 Å². The van der Waals surface area contributed by atoms with Crippen molar-refractivity contribution in [3.05, 3.63) is 64.2 Å². The number of aromatic nitrogens is 2. The van der Waals surface area contributed by atoms with Gasteiger partial charge in [0.1, 0.15) is 5.82 Å². The molecule has 0 radical (unpaired) electrons. The Morgan fingerprint density at radius 3 is 2.62 bits per heavy atom. The molecular weight excluding hydrogens is 428 g/mol. The summed E-state index contributed by atoms with van der Waals surface area (Å²) in [6, 6.07) is 12.5. The van der Waals surface area contributed by atoms with E-state index < -0.39 is 10.0 Å². The van der Waals surface area contributed by atoms with Crippen molar-refractivity contribution in [2.45, 2.75) is 45.6 Å². The van der Waals surface area contributed by atoms with E-state index in [0.29, 0.717) is 40.1 Å². The zero-order valence-electron chi connectivity index (χ0n) is 18.1. The fourth-order valence-corrected chi connectivity index (χ4v) is 4.33. The lowest BCUT2D eigenvalue weighted by molar-refractivity contribution is -0.116. The van der Waals surface area contributed by atoms with E-state index >= 15 is 0 Å². The van der Waals surface area contributed by atoms with E-state index in [-0.39, 0.29) is 29.7 Å². The monoisotopic (exact) mass is 454 g/mol. The standard InChI is InChI=1S/C23H26N4O4S/c1-3-32(30,31)26-19-11-8-16(14-15(19)2)24-22(28)13-12-21-25-20-7-5-4-6-18(20)23(29)27(21)17-9-10-17/h4-8,11,14,17,26H,3,9-10,12-13H2,1-2H3,(H,24,28). The first-order valence-corrected chi connectivity index (χ1v) is 12.3. The normalized spacial score (nSPS) is 13.8. The van der Waals surface area contributed by atoms with Crippen molar-refractivity contribution >= 4 is 38.2 Å². The van der Waals surface area contributed by atoms with Crippen LogP contribution in [0.1, 0.15) is 43.6 Å². The molecule has 9 heteroatoms. The summed E-state index contributed by atoms with van der Waals surface area (Å²) in [5, 5.41) is 3.44. The number of sulfonamides is 1. The Labute approximate surface area is 186 Å². The second-order valence-electron chi connectivity index (χ2n) is 8.03. The molecule has 1 aromatic heterocycles. The smallest absolute Gasteiger partial charge is 0.261 e. The summed E-state index contributed by atoms with van der Waals surface area (Å²) in [6.45, 7) is 3.34. The number of benzene rings is 2. The van der Waals surface area contributed by atoms with E-state index in [1.807, 2.05) is 18.2 Å². The Morgan fingerprint density at radius 1 is 1.19 bits per heavy atom. The molecule has 0 bridgehead atoms. The van der Waals surface area contributed by atoms with Crippen molar-refractivity contribution in [1.29, 1.82) is 0 Å². The summed E-state index contributed by atoms with van der Waals surface area (Å²) in [4.78, 5) is 30.2. The maximum atomic E-state index is 12.9. The van der Waals surface area contributed by atoms with Crippen molar-refractivity contribution in [2.24, 2.45) is 0 Å². The van der Waals surface area contributed by atoms with Crippen molar-refractivity contribution in [3.8, 4) is 0 Å². The van der Waals surface area contributed by atoms with Gasteiger partial charge in [0.05, 0.1) is 22.3 Å². The van der Waals surface area contributed by atoms with Crippen LogP contribution in [-0.4, -0.2) is 29.6 Å². The molecular formula is C23H26N4O4S. The van der Waals surface area contributed by atoms with Crippen LogP contribution in [0.15, 0.2) is 47.3 Å². The van der Waals surface area contributed by atoms with Gasteiger partial charge in [-0.25, -0.2) is 13.4 Å². The molecule has 0 atom stereocenters. The van der Waals surface area contributed by atoms with Crippen LogP contribution in [0.2, 0.25) is 0 Å². The molecule has 0 aliphatic heterocycles. The van der Waals surface area contributed by atoms with Crippen LogP contribution in [0, 0.1) is 6.92 Å². The number of hydrogen-bond donors (Lipinski definition) is 2. The van der Waals surface area contributed by atoms with Gasteiger partial charge in [-0.1, -0.05) is 12.1 Å². The third-order valence-corrected chi connectivity index (χ3v) is 6.82. The lowest BCUT2D eigenvalue weighted by atomic mass is 10.1. The molecule has 1 aliphatic rings. The summed E-state index contributed by atoms with van der Waals surface area (Å²) < 4.78 is 27.8. The predicted octanol–water partition coefficient (Wildman–Crippen LogP) is 3.37. The molecule has 2 aromatic carbocycles. The zero-order valence-corrected chi connectivity index (χ0v) is 18.9. The lowest BCUT2D eigenvalue weighted by Crippen LogP contribution is -2.25. The van der Waals surface area contributed by atoms with E-state index in [1.165, 1.54) is 0 Å². The van der Waals surface area contributed by atoms with Crippen LogP contribution in [0.4, 0.5) is 11.4 Å². The van der Waals surface area contributed by atoms with Crippen molar-refractivity contribution in [2.75, 3.05) is 15.8 Å². The maximum absolute atomic E-state index is 12.9. The van der Waals surface area contributed by atoms with Crippen molar-refractivity contribution < 1.29 is 13.2 Å². The third-order valence-electron chi connectivity index (χ3n) is 5.52. The number of amides is 1. The lowest BCUT2D eigenvalue weighted by Gasteiger charge is -2.14. The first-order valence-electron chi connectivity index (χ1n) is 10.7. The quantitative estimate of drug-likeness (QED) is 0.542. The van der Waals surface area contributed by atoms with E-state index in [0.717, 1.165) is 12.8 Å². The van der Waals surface area contributed by atoms with Gasteiger partial charge in [-0.15, -0.1) is 0 Å². The molecule has 1 aliphatic carbocycles. The highest BCUT2D eigenvalue weighted by Gasteiger charge is 2.28. The molecule has 1 amide bonds. The minimum Gasteiger partial charge on any atom is -0.326 e. The Balaban J connectivity index is 1.47. The van der Waals surface area contributed by atoms with Crippen LogP contribution < -0.4 is 15.6 Å². The van der Waals surface area contributed by atoms with Gasteiger partial charge in [0.25, 0.3) is 5.56 Å². The Bertz CT molecular complexity index is 1340. The largest absolute Gasteiger partial charge is 0.326 e. The molecule has 3 aromatic rings. The average Bonchev–Trinajstić information content (AvgIpc) is 3.59. The van der Waals surface area contributed by atoms with E-state index in [1.54, 1.807) is 42.7 Å². The second-order valence-corrected chi connectivity index (χ2v) is 10.0. The summed E-state index contributed by atoms with van der Waals surface area (Å²) >= 11 is 0.